The predicted molar refractivity (Wildman–Crippen MR) is 82.9 cm³/mol. The molecule has 1 amide bonds. The quantitative estimate of drug-likeness (QED) is 0.765. The summed E-state index contributed by atoms with van der Waals surface area (Å²) in [6.07, 6.45) is 5.12. The Bertz CT molecular complexity index is 682. The molecule has 0 saturated heterocycles. The number of amides is 1. The fourth-order valence-electron chi connectivity index (χ4n) is 1.87. The van der Waals surface area contributed by atoms with Crippen molar-refractivity contribution in [1.29, 1.82) is 0 Å². The largest absolute Gasteiger partial charge is 0.477 e. The van der Waals surface area contributed by atoms with Crippen LogP contribution in [-0.2, 0) is 6.54 Å². The third kappa shape index (κ3) is 4.18. The number of ether oxygens (including phenoxy) is 1. The number of nitrogens with one attached hydrogen (secondary N) is 2. The smallest absolute Gasteiger partial charge is 0.260 e. The molecule has 0 aromatic carbocycles. The van der Waals surface area contributed by atoms with E-state index in [1.54, 1.807) is 18.3 Å². The van der Waals surface area contributed by atoms with Gasteiger partial charge in [-0.05, 0) is 24.6 Å². The van der Waals surface area contributed by atoms with Crippen LogP contribution in [0.4, 0.5) is 0 Å². The summed E-state index contributed by atoms with van der Waals surface area (Å²) in [5.41, 5.74) is 0.449. The Hall–Kier alpha value is -2.63. The van der Waals surface area contributed by atoms with Crippen molar-refractivity contribution in [3.8, 4) is 5.88 Å². The van der Waals surface area contributed by atoms with Crippen LogP contribution in [0.5, 0.6) is 5.88 Å². The summed E-state index contributed by atoms with van der Waals surface area (Å²) in [6, 6.07) is 6.71. The van der Waals surface area contributed by atoms with Crippen LogP contribution in [0.25, 0.3) is 0 Å². The Kier molecular flexibility index (Phi) is 5.71. The second-order valence-electron chi connectivity index (χ2n) is 4.77. The monoisotopic (exact) mass is 301 g/mol. The molecule has 0 radical (unpaired) electrons. The Balaban J connectivity index is 2.01. The van der Waals surface area contributed by atoms with Gasteiger partial charge in [0.1, 0.15) is 5.56 Å². The van der Waals surface area contributed by atoms with E-state index in [0.29, 0.717) is 12.5 Å². The van der Waals surface area contributed by atoms with Crippen LogP contribution >= 0.6 is 0 Å². The molecule has 0 spiro atoms. The number of hydrogen-bond acceptors (Lipinski definition) is 4. The number of rotatable bonds is 7. The van der Waals surface area contributed by atoms with Gasteiger partial charge in [-0.3, -0.25) is 9.59 Å². The SMILES string of the molecule is CCCCOc1ncccc1CNC(=O)c1ccc[nH]c1=O. The molecule has 6 nitrogen and oxygen atoms in total. The zero-order valence-corrected chi connectivity index (χ0v) is 12.5. The third-order valence-electron chi connectivity index (χ3n) is 3.09. The topological polar surface area (TPSA) is 84.1 Å². The summed E-state index contributed by atoms with van der Waals surface area (Å²) in [5.74, 6) is 0.0865. The van der Waals surface area contributed by atoms with Gasteiger partial charge in [-0.15, -0.1) is 0 Å². The lowest BCUT2D eigenvalue weighted by Gasteiger charge is -2.10. The highest BCUT2D eigenvalue weighted by Crippen LogP contribution is 2.14. The molecular weight excluding hydrogens is 282 g/mol. The van der Waals surface area contributed by atoms with Gasteiger partial charge in [-0.2, -0.15) is 0 Å². The van der Waals surface area contributed by atoms with Gasteiger partial charge in [-0.1, -0.05) is 19.4 Å². The highest BCUT2D eigenvalue weighted by molar-refractivity contribution is 5.93. The summed E-state index contributed by atoms with van der Waals surface area (Å²) in [6.45, 7) is 2.93. The van der Waals surface area contributed by atoms with Gasteiger partial charge in [0.25, 0.3) is 11.5 Å². The van der Waals surface area contributed by atoms with Crippen molar-refractivity contribution >= 4 is 5.91 Å². The van der Waals surface area contributed by atoms with Gasteiger partial charge in [0.2, 0.25) is 5.88 Å². The molecule has 116 valence electrons. The van der Waals surface area contributed by atoms with Crippen molar-refractivity contribution < 1.29 is 9.53 Å². The second kappa shape index (κ2) is 7.97. The number of aromatic nitrogens is 2. The average Bonchev–Trinajstić information content (AvgIpc) is 2.54. The summed E-state index contributed by atoms with van der Waals surface area (Å²) in [4.78, 5) is 30.2. The van der Waals surface area contributed by atoms with Gasteiger partial charge < -0.3 is 15.0 Å². The fourth-order valence-corrected chi connectivity index (χ4v) is 1.87. The fraction of sp³-hybridized carbons (Fsp3) is 0.312. The van der Waals surface area contributed by atoms with Crippen LogP contribution in [0.2, 0.25) is 0 Å². The standard InChI is InChI=1S/C16H19N3O3/c1-2-3-10-22-16-12(6-4-9-18-16)11-19-15(21)13-7-5-8-17-14(13)20/h4-9H,2-3,10-11H2,1H3,(H,17,20)(H,19,21). The Morgan fingerprint density at radius 1 is 1.36 bits per heavy atom. The van der Waals surface area contributed by atoms with Crippen LogP contribution in [0.1, 0.15) is 35.7 Å². The lowest BCUT2D eigenvalue weighted by molar-refractivity contribution is 0.0949. The van der Waals surface area contributed by atoms with Crippen molar-refractivity contribution in [3.05, 3.63) is 58.1 Å². The molecule has 0 aliphatic rings. The van der Waals surface area contributed by atoms with Crippen LogP contribution in [0, 0.1) is 0 Å². The zero-order chi connectivity index (χ0) is 15.8. The lowest BCUT2D eigenvalue weighted by atomic mass is 10.2. The third-order valence-corrected chi connectivity index (χ3v) is 3.09. The van der Waals surface area contributed by atoms with E-state index in [1.807, 2.05) is 6.07 Å². The van der Waals surface area contributed by atoms with E-state index in [0.717, 1.165) is 18.4 Å². The number of nitrogens with zero attached hydrogens (tertiary/aromatic N) is 1. The summed E-state index contributed by atoms with van der Waals surface area (Å²) in [5, 5.41) is 2.71. The van der Waals surface area contributed by atoms with Crippen LogP contribution in [-0.4, -0.2) is 22.5 Å². The van der Waals surface area contributed by atoms with Crippen molar-refractivity contribution in [3.63, 3.8) is 0 Å². The average molecular weight is 301 g/mol. The zero-order valence-electron chi connectivity index (χ0n) is 12.5. The Morgan fingerprint density at radius 3 is 3.00 bits per heavy atom. The molecule has 0 bridgehead atoms. The van der Waals surface area contributed by atoms with Crippen molar-refractivity contribution in [2.75, 3.05) is 6.61 Å². The van der Waals surface area contributed by atoms with E-state index < -0.39 is 11.5 Å². The number of aromatic amines is 1. The maximum absolute atomic E-state index is 12.0. The van der Waals surface area contributed by atoms with Crippen LogP contribution < -0.4 is 15.6 Å². The summed E-state index contributed by atoms with van der Waals surface area (Å²) < 4.78 is 5.61. The first-order valence-electron chi connectivity index (χ1n) is 7.25. The van der Waals surface area contributed by atoms with E-state index >= 15 is 0 Å². The summed E-state index contributed by atoms with van der Waals surface area (Å²) in [7, 11) is 0. The number of H-pyrrole nitrogens is 1. The van der Waals surface area contributed by atoms with E-state index in [-0.39, 0.29) is 12.1 Å². The summed E-state index contributed by atoms with van der Waals surface area (Å²) >= 11 is 0. The highest BCUT2D eigenvalue weighted by atomic mass is 16.5. The molecule has 0 fully saturated rings. The molecular formula is C16H19N3O3. The molecule has 0 saturated carbocycles. The first-order valence-corrected chi connectivity index (χ1v) is 7.25. The highest BCUT2D eigenvalue weighted by Gasteiger charge is 2.11. The van der Waals surface area contributed by atoms with Gasteiger partial charge in [0.05, 0.1) is 6.61 Å². The van der Waals surface area contributed by atoms with Crippen molar-refractivity contribution in [1.82, 2.24) is 15.3 Å². The number of carbonyl (C=O) groups excluding carboxylic acids is 1. The minimum Gasteiger partial charge on any atom is -0.477 e. The number of hydrogen-bond donors (Lipinski definition) is 2. The first kappa shape index (κ1) is 15.8. The maximum atomic E-state index is 12.0. The number of carbonyl (C=O) groups is 1. The van der Waals surface area contributed by atoms with Crippen LogP contribution in [0.3, 0.4) is 0 Å². The normalized spacial score (nSPS) is 10.2. The van der Waals surface area contributed by atoms with E-state index in [9.17, 15) is 9.59 Å². The van der Waals surface area contributed by atoms with Crippen LogP contribution in [0.15, 0.2) is 41.5 Å². The Morgan fingerprint density at radius 2 is 2.23 bits per heavy atom. The molecule has 2 N–H and O–H groups in total. The van der Waals surface area contributed by atoms with Gasteiger partial charge >= 0.3 is 0 Å². The molecule has 2 heterocycles. The molecule has 2 aromatic rings. The molecule has 6 heteroatoms. The maximum Gasteiger partial charge on any atom is 0.260 e. The second-order valence-corrected chi connectivity index (χ2v) is 4.77. The van der Waals surface area contributed by atoms with E-state index in [2.05, 4.69) is 22.2 Å². The Labute approximate surface area is 128 Å². The van der Waals surface area contributed by atoms with Gasteiger partial charge in [0.15, 0.2) is 0 Å². The molecule has 0 aliphatic carbocycles. The number of pyridine rings is 2. The molecule has 0 aliphatic heterocycles. The molecule has 0 unspecified atom stereocenters. The molecule has 2 rings (SSSR count). The van der Waals surface area contributed by atoms with E-state index in [1.165, 1.54) is 12.3 Å². The minimum absolute atomic E-state index is 0.0832. The molecule has 22 heavy (non-hydrogen) atoms. The van der Waals surface area contributed by atoms with Gasteiger partial charge in [0, 0.05) is 24.5 Å². The minimum atomic E-state index is -0.426. The molecule has 2 aromatic heterocycles. The first-order chi connectivity index (χ1) is 10.7. The lowest BCUT2D eigenvalue weighted by Crippen LogP contribution is -2.29. The van der Waals surface area contributed by atoms with Crippen molar-refractivity contribution in [2.45, 2.75) is 26.3 Å². The molecule has 0 atom stereocenters. The van der Waals surface area contributed by atoms with E-state index in [4.69, 9.17) is 4.74 Å². The van der Waals surface area contributed by atoms with Crippen molar-refractivity contribution in [2.24, 2.45) is 0 Å². The van der Waals surface area contributed by atoms with Gasteiger partial charge in [-0.25, -0.2) is 4.98 Å². The number of unbranched alkanes of at least 4 members (excludes halogenated alkanes) is 1. The predicted octanol–water partition coefficient (Wildman–Crippen LogP) is 1.88.